The Kier molecular flexibility index (Phi) is 6.57. The second kappa shape index (κ2) is 9.08. The van der Waals surface area contributed by atoms with Crippen molar-refractivity contribution < 1.29 is 19.4 Å². The molecule has 2 rings (SSSR count). The highest BCUT2D eigenvalue weighted by Gasteiger charge is 2.16. The maximum Gasteiger partial charge on any atom is 0.265 e. The third-order valence-corrected chi connectivity index (χ3v) is 3.51. The average molecular weight is 353 g/mol. The number of aromatic hydroxyl groups is 1. The van der Waals surface area contributed by atoms with Crippen molar-refractivity contribution in [2.24, 2.45) is 0 Å². The van der Waals surface area contributed by atoms with E-state index in [2.05, 4.69) is 10.6 Å². The van der Waals surface area contributed by atoms with Crippen LogP contribution in [0.2, 0.25) is 0 Å². The molecule has 0 radical (unpaired) electrons. The molecule has 7 nitrogen and oxygen atoms in total. The van der Waals surface area contributed by atoms with Crippen LogP contribution in [0.25, 0.3) is 0 Å². The van der Waals surface area contributed by atoms with E-state index in [1.54, 1.807) is 49.4 Å². The summed E-state index contributed by atoms with van der Waals surface area (Å²) < 4.78 is 5.54. The maximum atomic E-state index is 12.4. The van der Waals surface area contributed by atoms with Crippen molar-refractivity contribution in [2.75, 3.05) is 5.32 Å². The minimum atomic E-state index is -0.763. The number of phenols is 1. The van der Waals surface area contributed by atoms with Crippen molar-refractivity contribution in [2.45, 2.75) is 26.0 Å². The highest BCUT2D eigenvalue weighted by atomic mass is 16.5. The minimum absolute atomic E-state index is 0.113. The fraction of sp³-hybridized carbons (Fsp3) is 0.211. The second-order valence-electron chi connectivity index (χ2n) is 5.51. The van der Waals surface area contributed by atoms with Gasteiger partial charge in [0.05, 0.1) is 6.07 Å². The number of carbonyl (C=O) groups excluding carboxylic acids is 2. The molecule has 0 spiro atoms. The summed E-state index contributed by atoms with van der Waals surface area (Å²) in [6, 6.07) is 14.9. The molecular weight excluding hydrogens is 334 g/mol. The Morgan fingerprint density at radius 2 is 1.88 bits per heavy atom. The fourth-order valence-electron chi connectivity index (χ4n) is 2.14. The summed E-state index contributed by atoms with van der Waals surface area (Å²) in [5.74, 6) is -0.157. The summed E-state index contributed by atoms with van der Waals surface area (Å²) >= 11 is 0. The number of hydrogen-bond donors (Lipinski definition) is 3. The van der Waals surface area contributed by atoms with E-state index in [4.69, 9.17) is 10.00 Å². The first kappa shape index (κ1) is 18.8. The smallest absolute Gasteiger partial charge is 0.265 e. The number of nitrogens with one attached hydrogen (secondary N) is 2. The first-order chi connectivity index (χ1) is 12.5. The van der Waals surface area contributed by atoms with Crippen LogP contribution < -0.4 is 15.4 Å². The van der Waals surface area contributed by atoms with Gasteiger partial charge in [0, 0.05) is 12.2 Å². The zero-order chi connectivity index (χ0) is 18.9. The molecule has 0 aromatic heterocycles. The Morgan fingerprint density at radius 3 is 2.58 bits per heavy atom. The van der Waals surface area contributed by atoms with Gasteiger partial charge in [0.1, 0.15) is 17.9 Å². The van der Waals surface area contributed by atoms with E-state index in [0.29, 0.717) is 17.0 Å². The van der Waals surface area contributed by atoms with E-state index in [-0.39, 0.29) is 30.5 Å². The van der Waals surface area contributed by atoms with Gasteiger partial charge in [-0.2, -0.15) is 5.26 Å². The predicted octanol–water partition coefficient (Wildman–Crippen LogP) is 2.33. The zero-order valence-corrected chi connectivity index (χ0v) is 14.2. The van der Waals surface area contributed by atoms with Gasteiger partial charge < -0.3 is 20.5 Å². The van der Waals surface area contributed by atoms with Gasteiger partial charge in [-0.05, 0) is 42.8 Å². The van der Waals surface area contributed by atoms with Crippen molar-refractivity contribution in [3.8, 4) is 17.6 Å². The summed E-state index contributed by atoms with van der Waals surface area (Å²) in [7, 11) is 0. The lowest BCUT2D eigenvalue weighted by molar-refractivity contribution is -0.122. The topological polar surface area (TPSA) is 111 Å². The van der Waals surface area contributed by atoms with E-state index >= 15 is 0 Å². The third-order valence-electron chi connectivity index (χ3n) is 3.51. The molecule has 1 unspecified atom stereocenters. The van der Waals surface area contributed by atoms with Gasteiger partial charge in [0.2, 0.25) is 5.91 Å². The van der Waals surface area contributed by atoms with Gasteiger partial charge in [-0.1, -0.05) is 18.2 Å². The molecule has 26 heavy (non-hydrogen) atoms. The number of ether oxygens (including phenoxy) is 1. The Hall–Kier alpha value is -3.53. The van der Waals surface area contributed by atoms with E-state index < -0.39 is 6.10 Å². The molecule has 0 bridgehead atoms. The molecule has 0 saturated carbocycles. The summed E-state index contributed by atoms with van der Waals surface area (Å²) in [5, 5.41) is 23.2. The number of rotatable bonds is 7. The Morgan fingerprint density at radius 1 is 1.19 bits per heavy atom. The number of anilines is 1. The first-order valence-corrected chi connectivity index (χ1v) is 7.97. The number of benzene rings is 2. The highest BCUT2D eigenvalue weighted by Crippen LogP contribution is 2.19. The SMILES string of the molecule is CC(Oc1ccc(O)cc1)C(=O)Nc1ccccc1CNC(=O)CC#N. The lowest BCUT2D eigenvalue weighted by atomic mass is 10.1. The molecule has 2 amide bonds. The largest absolute Gasteiger partial charge is 0.508 e. The number of nitrogens with zero attached hydrogens (tertiary/aromatic N) is 1. The summed E-state index contributed by atoms with van der Waals surface area (Å²) in [6.45, 7) is 1.81. The number of amides is 2. The van der Waals surface area contributed by atoms with Crippen molar-refractivity contribution in [3.63, 3.8) is 0 Å². The summed E-state index contributed by atoms with van der Waals surface area (Å²) in [6.07, 6.45) is -0.979. The molecule has 0 aliphatic carbocycles. The van der Waals surface area contributed by atoms with Crippen LogP contribution in [0.4, 0.5) is 5.69 Å². The van der Waals surface area contributed by atoms with Crippen LogP contribution in [0.3, 0.4) is 0 Å². The van der Waals surface area contributed by atoms with Gasteiger partial charge in [0.15, 0.2) is 6.10 Å². The summed E-state index contributed by atoms with van der Waals surface area (Å²) in [4.78, 5) is 23.8. The zero-order valence-electron chi connectivity index (χ0n) is 14.2. The molecular formula is C19H19N3O4. The van der Waals surface area contributed by atoms with Crippen LogP contribution in [0.15, 0.2) is 48.5 Å². The molecule has 2 aromatic carbocycles. The average Bonchev–Trinajstić information content (AvgIpc) is 2.63. The minimum Gasteiger partial charge on any atom is -0.508 e. The van der Waals surface area contributed by atoms with Gasteiger partial charge >= 0.3 is 0 Å². The summed E-state index contributed by atoms with van der Waals surface area (Å²) in [5.41, 5.74) is 1.26. The van der Waals surface area contributed by atoms with Crippen molar-refractivity contribution in [3.05, 3.63) is 54.1 Å². The quantitative estimate of drug-likeness (QED) is 0.707. The molecule has 0 fully saturated rings. The molecule has 2 aromatic rings. The highest BCUT2D eigenvalue weighted by molar-refractivity contribution is 5.94. The lowest BCUT2D eigenvalue weighted by Crippen LogP contribution is -2.31. The predicted molar refractivity (Wildman–Crippen MR) is 95.3 cm³/mol. The Balaban J connectivity index is 1.98. The maximum absolute atomic E-state index is 12.4. The number of para-hydroxylation sites is 1. The number of carbonyl (C=O) groups is 2. The Bertz CT molecular complexity index is 812. The molecule has 0 heterocycles. The van der Waals surface area contributed by atoms with Crippen molar-refractivity contribution in [1.82, 2.24) is 5.32 Å². The normalized spacial score (nSPS) is 11.1. The first-order valence-electron chi connectivity index (χ1n) is 7.97. The molecule has 0 aliphatic heterocycles. The molecule has 1 atom stereocenters. The van der Waals surface area contributed by atoms with Crippen LogP contribution >= 0.6 is 0 Å². The number of nitriles is 1. The van der Waals surface area contributed by atoms with Crippen LogP contribution in [0.5, 0.6) is 11.5 Å². The standard InChI is InChI=1S/C19H19N3O4/c1-13(26-16-8-6-15(23)7-9-16)19(25)22-17-5-3-2-4-14(17)12-21-18(24)10-11-20/h2-9,13,23H,10,12H2,1H3,(H,21,24)(H,22,25). The molecule has 0 aliphatic rings. The van der Waals surface area contributed by atoms with Crippen LogP contribution in [-0.4, -0.2) is 23.0 Å². The van der Waals surface area contributed by atoms with E-state index in [0.717, 1.165) is 0 Å². The van der Waals surface area contributed by atoms with Crippen molar-refractivity contribution >= 4 is 17.5 Å². The van der Waals surface area contributed by atoms with Crippen LogP contribution in [0, 0.1) is 11.3 Å². The fourth-order valence-corrected chi connectivity index (χ4v) is 2.14. The van der Waals surface area contributed by atoms with Crippen LogP contribution in [0.1, 0.15) is 18.9 Å². The van der Waals surface area contributed by atoms with Crippen LogP contribution in [-0.2, 0) is 16.1 Å². The van der Waals surface area contributed by atoms with E-state index in [1.807, 2.05) is 0 Å². The second-order valence-corrected chi connectivity index (χ2v) is 5.51. The molecule has 3 N–H and O–H groups in total. The lowest BCUT2D eigenvalue weighted by Gasteiger charge is -2.16. The molecule has 0 saturated heterocycles. The van der Waals surface area contributed by atoms with Gasteiger partial charge in [-0.15, -0.1) is 0 Å². The molecule has 7 heteroatoms. The number of hydrogen-bond acceptors (Lipinski definition) is 5. The monoisotopic (exact) mass is 353 g/mol. The molecule has 134 valence electrons. The Labute approximate surface area is 151 Å². The van der Waals surface area contributed by atoms with Gasteiger partial charge in [-0.3, -0.25) is 9.59 Å². The van der Waals surface area contributed by atoms with E-state index in [9.17, 15) is 14.7 Å². The number of phenolic OH excluding ortho intramolecular Hbond substituents is 1. The third kappa shape index (κ3) is 5.53. The van der Waals surface area contributed by atoms with E-state index in [1.165, 1.54) is 12.1 Å². The van der Waals surface area contributed by atoms with Gasteiger partial charge in [0.25, 0.3) is 5.91 Å². The van der Waals surface area contributed by atoms with Gasteiger partial charge in [-0.25, -0.2) is 0 Å². The van der Waals surface area contributed by atoms with Crippen molar-refractivity contribution in [1.29, 1.82) is 5.26 Å².